The van der Waals surface area contributed by atoms with Crippen LogP contribution in [0.25, 0.3) is 0 Å². The number of nitrogens with one attached hydrogen (secondary N) is 1. The van der Waals surface area contributed by atoms with E-state index in [0.29, 0.717) is 12.8 Å². The fraction of sp³-hybridized carbons (Fsp3) is 0.474. The number of amides is 3. The molecule has 1 aliphatic heterocycles. The summed E-state index contributed by atoms with van der Waals surface area (Å²) >= 11 is 0. The predicted octanol–water partition coefficient (Wildman–Crippen LogP) is 2.60. The summed E-state index contributed by atoms with van der Waals surface area (Å²) in [4.78, 5) is 26.9. The van der Waals surface area contributed by atoms with Crippen molar-refractivity contribution in [3.8, 4) is 12.1 Å². The van der Waals surface area contributed by atoms with E-state index in [1.165, 1.54) is 0 Å². The molecule has 3 amide bonds. The lowest BCUT2D eigenvalue weighted by atomic mass is 9.84. The molecule has 25 heavy (non-hydrogen) atoms. The van der Waals surface area contributed by atoms with Gasteiger partial charge in [0.15, 0.2) is 0 Å². The Kier molecular flexibility index (Phi) is 4.72. The highest BCUT2D eigenvalue weighted by Gasteiger charge is 2.53. The third-order valence-corrected chi connectivity index (χ3v) is 5.09. The summed E-state index contributed by atoms with van der Waals surface area (Å²) in [7, 11) is 0. The molecule has 2 atom stereocenters. The molecular formula is C19H20N4O2. The van der Waals surface area contributed by atoms with Gasteiger partial charge >= 0.3 is 6.03 Å². The van der Waals surface area contributed by atoms with Crippen molar-refractivity contribution in [3.63, 3.8) is 0 Å². The Hall–Kier alpha value is -2.86. The maximum absolute atomic E-state index is 13.2. The molecule has 1 aromatic carbocycles. The molecule has 0 bridgehead atoms. The van der Waals surface area contributed by atoms with E-state index in [2.05, 4.69) is 11.4 Å². The second kappa shape index (κ2) is 6.94. The molecule has 2 aliphatic rings. The van der Waals surface area contributed by atoms with Gasteiger partial charge in [-0.1, -0.05) is 24.3 Å². The van der Waals surface area contributed by atoms with Crippen molar-refractivity contribution in [3.05, 3.63) is 35.4 Å². The van der Waals surface area contributed by atoms with Gasteiger partial charge in [-0.2, -0.15) is 10.5 Å². The summed E-state index contributed by atoms with van der Waals surface area (Å²) in [6, 6.07) is 11.4. The fourth-order valence-electron chi connectivity index (χ4n) is 3.79. The SMILES string of the molecule is N#CCC[C@@H](C#N)CN1C(=O)N[C@]2(CCCCc3ccccc32)C1=O. The van der Waals surface area contributed by atoms with Crippen LogP contribution in [0.15, 0.2) is 24.3 Å². The molecule has 1 N–H and O–H groups in total. The van der Waals surface area contributed by atoms with Crippen LogP contribution in [0.2, 0.25) is 0 Å². The van der Waals surface area contributed by atoms with Crippen molar-refractivity contribution in [1.82, 2.24) is 10.2 Å². The quantitative estimate of drug-likeness (QED) is 0.855. The Bertz CT molecular complexity index is 776. The summed E-state index contributed by atoms with van der Waals surface area (Å²) in [6.45, 7) is 0.0345. The maximum atomic E-state index is 13.2. The molecule has 128 valence electrons. The third-order valence-electron chi connectivity index (χ3n) is 5.09. The molecule has 1 spiro atoms. The van der Waals surface area contributed by atoms with Gasteiger partial charge in [-0.3, -0.25) is 9.69 Å². The van der Waals surface area contributed by atoms with Crippen LogP contribution < -0.4 is 5.32 Å². The number of carbonyl (C=O) groups is 2. The lowest BCUT2D eigenvalue weighted by Crippen LogP contribution is -2.44. The van der Waals surface area contributed by atoms with Crippen LogP contribution >= 0.6 is 0 Å². The number of fused-ring (bicyclic) bond motifs is 2. The van der Waals surface area contributed by atoms with Crippen molar-refractivity contribution in [1.29, 1.82) is 10.5 Å². The average Bonchev–Trinajstić information content (AvgIpc) is 2.76. The number of carbonyl (C=O) groups excluding carboxylic acids is 2. The van der Waals surface area contributed by atoms with Gasteiger partial charge in [0.05, 0.1) is 18.1 Å². The number of hydrogen-bond acceptors (Lipinski definition) is 4. The zero-order valence-electron chi connectivity index (χ0n) is 14.0. The van der Waals surface area contributed by atoms with Gasteiger partial charge in [0.25, 0.3) is 5.91 Å². The van der Waals surface area contributed by atoms with E-state index in [1.54, 1.807) is 0 Å². The molecule has 0 aromatic heterocycles. The molecule has 1 heterocycles. The molecule has 3 rings (SSSR count). The van der Waals surface area contributed by atoms with Gasteiger partial charge in [0, 0.05) is 13.0 Å². The Balaban J connectivity index is 1.91. The fourth-order valence-corrected chi connectivity index (χ4v) is 3.79. The largest absolute Gasteiger partial charge is 0.325 e. The van der Waals surface area contributed by atoms with E-state index in [1.807, 2.05) is 30.3 Å². The Morgan fingerprint density at radius 1 is 1.24 bits per heavy atom. The van der Waals surface area contributed by atoms with Crippen molar-refractivity contribution in [2.45, 2.75) is 44.1 Å². The van der Waals surface area contributed by atoms with Crippen molar-refractivity contribution >= 4 is 11.9 Å². The molecule has 1 fully saturated rings. The number of aryl methyl sites for hydroxylation is 1. The smallest absolute Gasteiger partial charge is 0.319 e. The van der Waals surface area contributed by atoms with E-state index in [9.17, 15) is 14.9 Å². The first kappa shape index (κ1) is 17.0. The average molecular weight is 336 g/mol. The minimum Gasteiger partial charge on any atom is -0.319 e. The monoisotopic (exact) mass is 336 g/mol. The normalized spacial score (nSPS) is 23.4. The summed E-state index contributed by atoms with van der Waals surface area (Å²) in [5.74, 6) is -0.797. The highest BCUT2D eigenvalue weighted by molar-refractivity contribution is 6.07. The van der Waals surface area contributed by atoms with Gasteiger partial charge in [-0.25, -0.2) is 4.79 Å². The number of benzene rings is 1. The zero-order chi connectivity index (χ0) is 17.9. The Morgan fingerprint density at radius 3 is 2.80 bits per heavy atom. The second-order valence-electron chi connectivity index (χ2n) is 6.64. The lowest BCUT2D eigenvalue weighted by Gasteiger charge is -2.27. The van der Waals surface area contributed by atoms with Crippen molar-refractivity contribution < 1.29 is 9.59 Å². The molecule has 1 aromatic rings. The molecular weight excluding hydrogens is 316 g/mol. The lowest BCUT2D eigenvalue weighted by molar-refractivity contribution is -0.132. The molecule has 6 heteroatoms. The number of nitriles is 2. The highest BCUT2D eigenvalue weighted by Crippen LogP contribution is 2.39. The standard InChI is InChI=1S/C19H20N4O2/c20-11-5-6-14(12-21)13-23-17(24)19(22-18(23)25)10-4-3-8-15-7-1-2-9-16(15)19/h1-2,7,9,14H,3-6,8,10,13H2,(H,22,25)/t14-,19-/m0/s1. The summed E-state index contributed by atoms with van der Waals surface area (Å²) in [5, 5.41) is 20.9. The molecule has 1 aliphatic carbocycles. The number of rotatable bonds is 4. The maximum Gasteiger partial charge on any atom is 0.325 e. The van der Waals surface area contributed by atoms with Gasteiger partial charge in [-0.15, -0.1) is 0 Å². The van der Waals surface area contributed by atoms with Gasteiger partial charge in [0.2, 0.25) is 0 Å². The number of urea groups is 1. The van der Waals surface area contributed by atoms with Crippen LogP contribution in [0.3, 0.4) is 0 Å². The minimum atomic E-state index is -1.01. The molecule has 0 saturated carbocycles. The van der Waals surface area contributed by atoms with E-state index < -0.39 is 17.5 Å². The van der Waals surface area contributed by atoms with Crippen LogP contribution in [0, 0.1) is 28.6 Å². The topological polar surface area (TPSA) is 97.0 Å². The summed E-state index contributed by atoms with van der Waals surface area (Å²) in [6.07, 6.45) is 3.88. The van der Waals surface area contributed by atoms with Gasteiger partial charge in [-0.05, 0) is 43.2 Å². The summed E-state index contributed by atoms with van der Waals surface area (Å²) < 4.78 is 0. The van der Waals surface area contributed by atoms with Crippen molar-refractivity contribution in [2.24, 2.45) is 5.92 Å². The van der Waals surface area contributed by atoms with Crippen LogP contribution in [0.1, 0.15) is 43.2 Å². The molecule has 0 radical (unpaired) electrons. The number of hydrogen-bond donors (Lipinski definition) is 1. The van der Waals surface area contributed by atoms with Crippen LogP contribution in [0.5, 0.6) is 0 Å². The van der Waals surface area contributed by atoms with Gasteiger partial charge in [0.1, 0.15) is 5.54 Å². The summed E-state index contributed by atoms with van der Waals surface area (Å²) in [5.41, 5.74) is 0.954. The highest BCUT2D eigenvalue weighted by atomic mass is 16.2. The second-order valence-corrected chi connectivity index (χ2v) is 6.64. The number of imide groups is 1. The van der Waals surface area contributed by atoms with Crippen LogP contribution in [-0.2, 0) is 16.8 Å². The van der Waals surface area contributed by atoms with E-state index >= 15 is 0 Å². The van der Waals surface area contributed by atoms with Gasteiger partial charge < -0.3 is 5.32 Å². The Labute approximate surface area is 147 Å². The van der Waals surface area contributed by atoms with E-state index in [0.717, 1.165) is 35.3 Å². The minimum absolute atomic E-state index is 0.0345. The molecule has 1 saturated heterocycles. The molecule has 0 unspecified atom stereocenters. The molecule has 6 nitrogen and oxygen atoms in total. The van der Waals surface area contributed by atoms with E-state index in [4.69, 9.17) is 5.26 Å². The van der Waals surface area contributed by atoms with Crippen molar-refractivity contribution in [2.75, 3.05) is 6.54 Å². The Morgan fingerprint density at radius 2 is 2.04 bits per heavy atom. The van der Waals surface area contributed by atoms with Crippen LogP contribution in [0.4, 0.5) is 4.79 Å². The third kappa shape index (κ3) is 2.96. The zero-order valence-corrected chi connectivity index (χ0v) is 14.0. The first-order valence-electron chi connectivity index (χ1n) is 8.61. The van der Waals surface area contributed by atoms with Crippen LogP contribution in [-0.4, -0.2) is 23.4 Å². The first-order valence-corrected chi connectivity index (χ1v) is 8.61. The number of nitrogens with zero attached hydrogens (tertiary/aromatic N) is 3. The van der Waals surface area contributed by atoms with E-state index in [-0.39, 0.29) is 18.9 Å². The first-order chi connectivity index (χ1) is 12.1. The predicted molar refractivity (Wildman–Crippen MR) is 89.9 cm³/mol.